The van der Waals surface area contributed by atoms with Gasteiger partial charge in [0.05, 0.1) is 11.8 Å². The second-order valence-corrected chi connectivity index (χ2v) is 4.91. The molecule has 0 bridgehead atoms. The number of hydrogen-bond donors (Lipinski definition) is 1. The molecular weight excluding hydrogens is 316 g/mol. The number of nitrogens with zero attached hydrogens (tertiary/aromatic N) is 3. The van der Waals surface area contributed by atoms with Crippen molar-refractivity contribution < 1.29 is 19.2 Å². The van der Waals surface area contributed by atoms with Gasteiger partial charge in [-0.3, -0.25) is 4.79 Å². The molecule has 9 heteroatoms. The average molecular weight is 332 g/mol. The van der Waals surface area contributed by atoms with Gasteiger partial charge in [-0.05, 0) is 29.0 Å². The summed E-state index contributed by atoms with van der Waals surface area (Å²) in [6, 6.07) is 6.97. The highest BCUT2D eigenvalue weighted by Crippen LogP contribution is 2.17. The lowest BCUT2D eigenvalue weighted by molar-refractivity contribution is -0.393. The Labute approximate surface area is 137 Å². The number of amides is 1. The molecule has 1 aromatic heterocycles. The number of benzene rings is 1. The van der Waals surface area contributed by atoms with Crippen molar-refractivity contribution in [3.63, 3.8) is 0 Å². The van der Waals surface area contributed by atoms with E-state index in [4.69, 9.17) is 10.5 Å². The number of rotatable bonds is 7. The van der Waals surface area contributed by atoms with Crippen molar-refractivity contribution in [3.05, 3.63) is 57.3 Å². The first kappa shape index (κ1) is 17.1. The largest absolute Gasteiger partial charge is 0.458 e. The Balaban J connectivity index is 2.00. The summed E-state index contributed by atoms with van der Waals surface area (Å²) in [6.45, 7) is 1.81. The Hall–Kier alpha value is -3.23. The number of ether oxygens (including phenoxy) is 1. The van der Waals surface area contributed by atoms with Crippen LogP contribution in [0.5, 0.6) is 0 Å². The number of carbonyl (C=O) groups excluding carboxylic acids is 2. The molecule has 2 aromatic rings. The standard InChI is InChI=1S/C15H16N4O5/c1-2-10-3-5-11(6-4-10)15(21)24-8-7-18-14(19(22)23)12(9-17-18)13(16)20/h3-6,9H,2,7-8H2,1H3,(H2,16,20). The van der Waals surface area contributed by atoms with Crippen LogP contribution in [0.25, 0.3) is 0 Å². The molecule has 0 saturated carbocycles. The fourth-order valence-electron chi connectivity index (χ4n) is 2.09. The summed E-state index contributed by atoms with van der Waals surface area (Å²) < 4.78 is 6.04. The molecule has 0 radical (unpaired) electrons. The van der Waals surface area contributed by atoms with E-state index in [0.29, 0.717) is 5.56 Å². The first-order valence-electron chi connectivity index (χ1n) is 7.20. The van der Waals surface area contributed by atoms with Crippen molar-refractivity contribution in [2.45, 2.75) is 19.9 Å². The average Bonchev–Trinajstić information content (AvgIpc) is 2.99. The molecule has 0 spiro atoms. The number of primary amides is 1. The summed E-state index contributed by atoms with van der Waals surface area (Å²) in [5.74, 6) is -2.01. The molecule has 0 atom stereocenters. The highest BCUT2D eigenvalue weighted by atomic mass is 16.6. The minimum Gasteiger partial charge on any atom is -0.458 e. The van der Waals surface area contributed by atoms with Gasteiger partial charge in [-0.25, -0.2) is 4.79 Å². The van der Waals surface area contributed by atoms with Gasteiger partial charge < -0.3 is 20.6 Å². The maximum Gasteiger partial charge on any atom is 0.357 e. The van der Waals surface area contributed by atoms with Gasteiger partial charge in [0.15, 0.2) is 5.56 Å². The summed E-state index contributed by atoms with van der Waals surface area (Å²) in [6.07, 6.45) is 1.88. The van der Waals surface area contributed by atoms with E-state index in [1.165, 1.54) is 0 Å². The zero-order valence-corrected chi connectivity index (χ0v) is 13.0. The maximum atomic E-state index is 11.9. The van der Waals surface area contributed by atoms with Gasteiger partial charge in [0.2, 0.25) is 0 Å². The van der Waals surface area contributed by atoms with E-state index < -0.39 is 22.6 Å². The monoisotopic (exact) mass is 332 g/mol. The van der Waals surface area contributed by atoms with E-state index in [9.17, 15) is 19.7 Å². The second-order valence-electron chi connectivity index (χ2n) is 4.91. The van der Waals surface area contributed by atoms with Crippen LogP contribution >= 0.6 is 0 Å². The molecule has 0 fully saturated rings. The van der Waals surface area contributed by atoms with Gasteiger partial charge >= 0.3 is 11.8 Å². The van der Waals surface area contributed by atoms with Gasteiger partial charge in [-0.2, -0.15) is 0 Å². The Morgan fingerprint density at radius 2 is 2.00 bits per heavy atom. The van der Waals surface area contributed by atoms with Crippen molar-refractivity contribution in [1.82, 2.24) is 9.78 Å². The third-order valence-electron chi connectivity index (χ3n) is 3.38. The van der Waals surface area contributed by atoms with Crippen molar-refractivity contribution in [2.75, 3.05) is 6.61 Å². The Bertz CT molecular complexity index is 767. The van der Waals surface area contributed by atoms with Crippen LogP contribution in [-0.4, -0.2) is 33.2 Å². The Morgan fingerprint density at radius 3 is 2.54 bits per heavy atom. The SMILES string of the molecule is CCc1ccc(C(=O)OCCn2ncc(C(N)=O)c2[N+](=O)[O-])cc1. The van der Waals surface area contributed by atoms with Crippen LogP contribution in [0.2, 0.25) is 0 Å². The molecule has 126 valence electrons. The molecule has 1 amide bonds. The zero-order chi connectivity index (χ0) is 17.7. The van der Waals surface area contributed by atoms with Gasteiger partial charge in [-0.1, -0.05) is 24.2 Å². The number of aryl methyl sites for hydroxylation is 1. The van der Waals surface area contributed by atoms with E-state index in [0.717, 1.165) is 22.9 Å². The van der Waals surface area contributed by atoms with Crippen LogP contribution in [-0.2, 0) is 17.7 Å². The molecule has 0 aliphatic heterocycles. The number of esters is 1. The lowest BCUT2D eigenvalue weighted by Crippen LogP contribution is -2.16. The fourth-order valence-corrected chi connectivity index (χ4v) is 2.09. The van der Waals surface area contributed by atoms with Crippen LogP contribution in [0.3, 0.4) is 0 Å². The van der Waals surface area contributed by atoms with Crippen LogP contribution in [0.15, 0.2) is 30.5 Å². The third kappa shape index (κ3) is 3.75. The van der Waals surface area contributed by atoms with Gasteiger partial charge in [0, 0.05) is 0 Å². The molecule has 1 aromatic carbocycles. The predicted octanol–water partition coefficient (Wildman–Crippen LogP) is 1.31. The molecule has 24 heavy (non-hydrogen) atoms. The second kappa shape index (κ2) is 7.36. The van der Waals surface area contributed by atoms with Crippen molar-refractivity contribution in [3.8, 4) is 0 Å². The molecule has 0 aliphatic carbocycles. The Morgan fingerprint density at radius 1 is 1.33 bits per heavy atom. The minimum atomic E-state index is -0.944. The summed E-state index contributed by atoms with van der Waals surface area (Å²) in [4.78, 5) is 33.3. The van der Waals surface area contributed by atoms with Crippen molar-refractivity contribution in [2.24, 2.45) is 5.73 Å². The quantitative estimate of drug-likeness (QED) is 0.462. The lowest BCUT2D eigenvalue weighted by atomic mass is 10.1. The third-order valence-corrected chi connectivity index (χ3v) is 3.38. The van der Waals surface area contributed by atoms with E-state index in [1.54, 1.807) is 12.1 Å². The minimum absolute atomic E-state index is 0.0671. The number of carbonyl (C=O) groups is 2. The summed E-state index contributed by atoms with van der Waals surface area (Å²) in [5.41, 5.74) is 6.25. The molecule has 0 unspecified atom stereocenters. The summed E-state index contributed by atoms with van der Waals surface area (Å²) >= 11 is 0. The van der Waals surface area contributed by atoms with Crippen molar-refractivity contribution in [1.29, 1.82) is 0 Å². The normalized spacial score (nSPS) is 10.4. The van der Waals surface area contributed by atoms with E-state index in [1.807, 2.05) is 19.1 Å². The van der Waals surface area contributed by atoms with E-state index >= 15 is 0 Å². The van der Waals surface area contributed by atoms with Crippen LogP contribution in [0.1, 0.15) is 33.2 Å². The molecule has 0 aliphatic rings. The molecule has 1 heterocycles. The van der Waals surface area contributed by atoms with Gasteiger partial charge in [0.1, 0.15) is 13.2 Å². The van der Waals surface area contributed by atoms with Gasteiger partial charge in [0.25, 0.3) is 5.91 Å². The summed E-state index contributed by atoms with van der Waals surface area (Å²) in [5, 5.41) is 14.7. The highest BCUT2D eigenvalue weighted by Gasteiger charge is 2.25. The Kier molecular flexibility index (Phi) is 5.25. The molecule has 0 saturated heterocycles. The first-order chi connectivity index (χ1) is 11.4. The zero-order valence-electron chi connectivity index (χ0n) is 13.0. The highest BCUT2D eigenvalue weighted by molar-refractivity contribution is 5.96. The topological polar surface area (TPSA) is 130 Å². The number of nitrogens with two attached hydrogens (primary N) is 1. The molecular formula is C15H16N4O5. The van der Waals surface area contributed by atoms with E-state index in [-0.39, 0.29) is 18.7 Å². The van der Waals surface area contributed by atoms with Crippen LogP contribution in [0.4, 0.5) is 5.82 Å². The van der Waals surface area contributed by atoms with Crippen LogP contribution < -0.4 is 5.73 Å². The summed E-state index contributed by atoms with van der Waals surface area (Å²) in [7, 11) is 0. The van der Waals surface area contributed by atoms with E-state index in [2.05, 4.69) is 5.10 Å². The smallest absolute Gasteiger partial charge is 0.357 e. The molecule has 2 rings (SSSR count). The van der Waals surface area contributed by atoms with Gasteiger partial charge in [-0.15, -0.1) is 4.68 Å². The number of nitro groups is 1. The molecule has 9 nitrogen and oxygen atoms in total. The molecule has 2 N–H and O–H groups in total. The first-order valence-corrected chi connectivity index (χ1v) is 7.20. The maximum absolute atomic E-state index is 11.9. The fraction of sp³-hybridized carbons (Fsp3) is 0.267. The number of hydrogen-bond acceptors (Lipinski definition) is 6. The van der Waals surface area contributed by atoms with Crippen molar-refractivity contribution >= 4 is 17.7 Å². The predicted molar refractivity (Wildman–Crippen MR) is 83.5 cm³/mol. The lowest BCUT2D eigenvalue weighted by Gasteiger charge is -2.05. The van der Waals surface area contributed by atoms with Crippen LogP contribution in [0, 0.1) is 10.1 Å². The number of aromatic nitrogens is 2.